The summed E-state index contributed by atoms with van der Waals surface area (Å²) in [6.07, 6.45) is 2.66. The second kappa shape index (κ2) is 8.84. The Kier molecular flexibility index (Phi) is 8.19. The summed E-state index contributed by atoms with van der Waals surface area (Å²) in [5.41, 5.74) is 0. The second-order valence-electron chi connectivity index (χ2n) is 4.55. The molecule has 0 rings (SSSR count). The minimum Gasteiger partial charge on any atom is -0.481 e. The van der Waals surface area contributed by atoms with Gasteiger partial charge in [-0.05, 0) is 32.6 Å². The van der Waals surface area contributed by atoms with Crippen molar-refractivity contribution in [3.05, 3.63) is 0 Å². The number of carboxylic acids is 1. The normalized spacial score (nSPS) is 12.2. The number of aliphatic carboxylic acids is 1. The Labute approximate surface area is 103 Å². The molecule has 5 nitrogen and oxygen atoms in total. The molecule has 3 N–H and O–H groups in total. The van der Waals surface area contributed by atoms with E-state index < -0.39 is 5.97 Å². The maximum Gasteiger partial charge on any atom is 0.314 e. The predicted octanol–water partition coefficient (Wildman–Crippen LogP) is 1.98. The monoisotopic (exact) mass is 244 g/mol. The molecule has 1 unspecified atom stereocenters. The summed E-state index contributed by atoms with van der Waals surface area (Å²) in [6, 6.07) is -0.0305. The standard InChI is InChI=1S/C12H24N2O3/c1-4-10(5-6-11(15)16)7-8-13-12(17)14-9(2)3/h9-10H,4-8H2,1-3H3,(H,15,16)(H2,13,14,17). The van der Waals surface area contributed by atoms with Crippen molar-refractivity contribution in [1.29, 1.82) is 0 Å². The number of carbonyl (C=O) groups excluding carboxylic acids is 1. The van der Waals surface area contributed by atoms with E-state index in [1.165, 1.54) is 0 Å². The van der Waals surface area contributed by atoms with Crippen LogP contribution in [-0.2, 0) is 4.79 Å². The quantitative estimate of drug-likeness (QED) is 0.611. The zero-order chi connectivity index (χ0) is 13.3. The number of rotatable bonds is 8. The van der Waals surface area contributed by atoms with Gasteiger partial charge in [-0.3, -0.25) is 4.79 Å². The van der Waals surface area contributed by atoms with E-state index in [0.29, 0.717) is 18.9 Å². The zero-order valence-electron chi connectivity index (χ0n) is 11.0. The van der Waals surface area contributed by atoms with Crippen LogP contribution in [0.15, 0.2) is 0 Å². The van der Waals surface area contributed by atoms with Gasteiger partial charge in [-0.15, -0.1) is 0 Å². The van der Waals surface area contributed by atoms with E-state index in [9.17, 15) is 9.59 Å². The number of carbonyl (C=O) groups is 2. The molecule has 0 bridgehead atoms. The smallest absolute Gasteiger partial charge is 0.314 e. The molecule has 0 aliphatic heterocycles. The molecular formula is C12H24N2O3. The highest BCUT2D eigenvalue weighted by molar-refractivity contribution is 5.74. The first-order chi connectivity index (χ1) is 7.95. The van der Waals surface area contributed by atoms with Gasteiger partial charge in [-0.2, -0.15) is 0 Å². The average Bonchev–Trinajstić information content (AvgIpc) is 2.21. The Balaban J connectivity index is 3.68. The summed E-state index contributed by atoms with van der Waals surface area (Å²) >= 11 is 0. The molecule has 2 amide bonds. The highest BCUT2D eigenvalue weighted by Gasteiger charge is 2.09. The van der Waals surface area contributed by atoms with Crippen LogP contribution in [0.25, 0.3) is 0 Å². The van der Waals surface area contributed by atoms with Crippen molar-refractivity contribution in [1.82, 2.24) is 10.6 Å². The number of hydrogen-bond acceptors (Lipinski definition) is 2. The van der Waals surface area contributed by atoms with Crippen LogP contribution in [0, 0.1) is 5.92 Å². The highest BCUT2D eigenvalue weighted by atomic mass is 16.4. The van der Waals surface area contributed by atoms with Crippen molar-refractivity contribution in [3.8, 4) is 0 Å². The van der Waals surface area contributed by atoms with Gasteiger partial charge in [0, 0.05) is 19.0 Å². The van der Waals surface area contributed by atoms with Crippen molar-refractivity contribution in [2.45, 2.75) is 52.5 Å². The summed E-state index contributed by atoms with van der Waals surface area (Å²) in [6.45, 7) is 6.44. The largest absolute Gasteiger partial charge is 0.481 e. The van der Waals surface area contributed by atoms with Crippen LogP contribution in [0.5, 0.6) is 0 Å². The summed E-state index contributed by atoms with van der Waals surface area (Å²) < 4.78 is 0. The third-order valence-electron chi connectivity index (χ3n) is 2.60. The van der Waals surface area contributed by atoms with E-state index in [4.69, 9.17) is 5.11 Å². The molecule has 0 aromatic heterocycles. The molecule has 0 aromatic rings. The predicted molar refractivity (Wildman–Crippen MR) is 66.9 cm³/mol. The van der Waals surface area contributed by atoms with E-state index in [1.54, 1.807) is 0 Å². The number of hydrogen-bond donors (Lipinski definition) is 3. The van der Waals surface area contributed by atoms with Crippen LogP contribution in [-0.4, -0.2) is 29.7 Å². The summed E-state index contributed by atoms with van der Waals surface area (Å²) in [7, 11) is 0. The van der Waals surface area contributed by atoms with Crippen molar-refractivity contribution >= 4 is 12.0 Å². The topological polar surface area (TPSA) is 78.4 Å². The lowest BCUT2D eigenvalue weighted by atomic mass is 9.97. The first kappa shape index (κ1) is 15.7. The first-order valence-electron chi connectivity index (χ1n) is 6.21. The van der Waals surface area contributed by atoms with E-state index in [-0.39, 0.29) is 18.5 Å². The molecule has 5 heteroatoms. The molecular weight excluding hydrogens is 220 g/mol. The Morgan fingerprint density at radius 1 is 1.24 bits per heavy atom. The number of urea groups is 1. The Hall–Kier alpha value is -1.26. The van der Waals surface area contributed by atoms with Gasteiger partial charge in [-0.1, -0.05) is 13.3 Å². The van der Waals surface area contributed by atoms with Gasteiger partial charge in [0.15, 0.2) is 0 Å². The third-order valence-corrected chi connectivity index (χ3v) is 2.60. The molecule has 0 aliphatic rings. The van der Waals surface area contributed by atoms with Gasteiger partial charge in [0.2, 0.25) is 0 Å². The van der Waals surface area contributed by atoms with Crippen LogP contribution in [0.3, 0.4) is 0 Å². The summed E-state index contributed by atoms with van der Waals surface area (Å²) in [4.78, 5) is 21.7. The first-order valence-corrected chi connectivity index (χ1v) is 6.21. The lowest BCUT2D eigenvalue weighted by Gasteiger charge is -2.15. The van der Waals surface area contributed by atoms with E-state index in [1.807, 2.05) is 20.8 Å². The fourth-order valence-electron chi connectivity index (χ4n) is 1.58. The van der Waals surface area contributed by atoms with Crippen LogP contribution in [0.2, 0.25) is 0 Å². The zero-order valence-corrected chi connectivity index (χ0v) is 11.0. The molecule has 0 radical (unpaired) electrons. The van der Waals surface area contributed by atoms with Crippen molar-refractivity contribution in [3.63, 3.8) is 0 Å². The minimum atomic E-state index is -0.756. The number of carboxylic acid groups (broad SMARTS) is 1. The van der Waals surface area contributed by atoms with E-state index >= 15 is 0 Å². The Morgan fingerprint density at radius 3 is 2.35 bits per heavy atom. The van der Waals surface area contributed by atoms with Crippen molar-refractivity contribution in [2.24, 2.45) is 5.92 Å². The van der Waals surface area contributed by atoms with Gasteiger partial charge in [-0.25, -0.2) is 4.79 Å². The molecule has 0 aliphatic carbocycles. The number of amides is 2. The minimum absolute atomic E-state index is 0.129. The maximum absolute atomic E-state index is 11.3. The molecule has 17 heavy (non-hydrogen) atoms. The van der Waals surface area contributed by atoms with Crippen molar-refractivity contribution in [2.75, 3.05) is 6.54 Å². The molecule has 0 spiro atoms. The van der Waals surface area contributed by atoms with Crippen LogP contribution < -0.4 is 10.6 Å². The maximum atomic E-state index is 11.3. The van der Waals surface area contributed by atoms with Crippen LogP contribution in [0.1, 0.15) is 46.5 Å². The van der Waals surface area contributed by atoms with E-state index in [2.05, 4.69) is 10.6 Å². The molecule has 100 valence electrons. The Morgan fingerprint density at radius 2 is 1.88 bits per heavy atom. The lowest BCUT2D eigenvalue weighted by molar-refractivity contribution is -0.137. The number of nitrogens with one attached hydrogen (secondary N) is 2. The lowest BCUT2D eigenvalue weighted by Crippen LogP contribution is -2.40. The fourth-order valence-corrected chi connectivity index (χ4v) is 1.58. The molecule has 0 saturated heterocycles. The van der Waals surface area contributed by atoms with Crippen LogP contribution in [0.4, 0.5) is 4.79 Å². The van der Waals surface area contributed by atoms with Gasteiger partial charge in [0.25, 0.3) is 0 Å². The molecule has 0 saturated carbocycles. The fraction of sp³-hybridized carbons (Fsp3) is 0.833. The molecule has 1 atom stereocenters. The molecule has 0 fully saturated rings. The van der Waals surface area contributed by atoms with Crippen molar-refractivity contribution < 1.29 is 14.7 Å². The molecule has 0 aromatic carbocycles. The summed E-state index contributed by atoms with van der Waals surface area (Å²) in [5.74, 6) is -0.389. The average molecular weight is 244 g/mol. The Bertz CT molecular complexity index is 242. The molecule has 0 heterocycles. The van der Waals surface area contributed by atoms with Gasteiger partial charge in [0.05, 0.1) is 0 Å². The SMILES string of the molecule is CCC(CCNC(=O)NC(C)C)CCC(=O)O. The van der Waals surface area contributed by atoms with Gasteiger partial charge < -0.3 is 15.7 Å². The summed E-state index contributed by atoms with van der Waals surface area (Å²) in [5, 5.41) is 14.1. The van der Waals surface area contributed by atoms with Crippen LogP contribution >= 0.6 is 0 Å². The van der Waals surface area contributed by atoms with E-state index in [0.717, 1.165) is 12.8 Å². The van der Waals surface area contributed by atoms with Gasteiger partial charge >= 0.3 is 12.0 Å². The third kappa shape index (κ3) is 9.66. The second-order valence-corrected chi connectivity index (χ2v) is 4.55. The highest BCUT2D eigenvalue weighted by Crippen LogP contribution is 2.14. The van der Waals surface area contributed by atoms with Gasteiger partial charge in [0.1, 0.15) is 0 Å².